The summed E-state index contributed by atoms with van der Waals surface area (Å²) in [5, 5.41) is 12.7. The predicted octanol–water partition coefficient (Wildman–Crippen LogP) is 18.8. The van der Waals surface area contributed by atoms with Gasteiger partial charge < -0.3 is 4.90 Å². The second kappa shape index (κ2) is 15.7. The van der Waals surface area contributed by atoms with Crippen molar-refractivity contribution in [3.63, 3.8) is 0 Å². The minimum atomic E-state index is 1.11. The Kier molecular flexibility index (Phi) is 9.11. The van der Waals surface area contributed by atoms with Crippen molar-refractivity contribution in [2.24, 2.45) is 0 Å². The van der Waals surface area contributed by atoms with Crippen molar-refractivity contribution in [2.45, 2.75) is 0 Å². The largest absolute Gasteiger partial charge is 0.310 e. The molecular formula is C64H41NS. The minimum Gasteiger partial charge on any atom is -0.310 e. The lowest BCUT2D eigenvalue weighted by atomic mass is 9.84. The van der Waals surface area contributed by atoms with Crippen molar-refractivity contribution in [3.05, 3.63) is 249 Å². The third-order valence-corrected chi connectivity index (χ3v) is 14.6. The van der Waals surface area contributed by atoms with Crippen LogP contribution in [0.5, 0.6) is 0 Å². The molecule has 0 aliphatic heterocycles. The van der Waals surface area contributed by atoms with Gasteiger partial charge in [-0.25, -0.2) is 0 Å². The molecule has 0 fully saturated rings. The summed E-state index contributed by atoms with van der Waals surface area (Å²) in [6.45, 7) is 0. The van der Waals surface area contributed by atoms with Gasteiger partial charge in [0.1, 0.15) is 0 Å². The second-order valence-electron chi connectivity index (χ2n) is 17.2. The summed E-state index contributed by atoms with van der Waals surface area (Å²) in [6.07, 6.45) is 0. The molecule has 1 aromatic heterocycles. The summed E-state index contributed by atoms with van der Waals surface area (Å²) < 4.78 is 2.58. The normalized spacial score (nSPS) is 11.6. The molecule has 308 valence electrons. The molecule has 0 unspecified atom stereocenters. The first-order valence-electron chi connectivity index (χ1n) is 22.7. The molecule has 0 aliphatic rings. The van der Waals surface area contributed by atoms with Crippen molar-refractivity contribution in [1.82, 2.24) is 0 Å². The number of anilines is 3. The Bertz CT molecular complexity index is 3960. The van der Waals surface area contributed by atoms with Gasteiger partial charge in [-0.05, 0) is 142 Å². The molecule has 1 heterocycles. The lowest BCUT2D eigenvalue weighted by Gasteiger charge is -2.27. The zero-order valence-corrected chi connectivity index (χ0v) is 36.8. The smallest absolute Gasteiger partial charge is 0.0554 e. The van der Waals surface area contributed by atoms with Crippen molar-refractivity contribution >= 4 is 91.7 Å². The van der Waals surface area contributed by atoms with E-state index >= 15 is 0 Å². The van der Waals surface area contributed by atoms with Crippen LogP contribution < -0.4 is 4.90 Å². The van der Waals surface area contributed by atoms with E-state index < -0.39 is 0 Å². The molecule has 13 rings (SSSR count). The lowest BCUT2D eigenvalue weighted by molar-refractivity contribution is 1.30. The van der Waals surface area contributed by atoms with Crippen LogP contribution in [0, 0.1) is 0 Å². The van der Waals surface area contributed by atoms with E-state index in [1.165, 1.54) is 113 Å². The van der Waals surface area contributed by atoms with Crippen LogP contribution in [-0.4, -0.2) is 0 Å². The molecule has 66 heavy (non-hydrogen) atoms. The molecule has 0 saturated carbocycles. The van der Waals surface area contributed by atoms with Crippen LogP contribution in [0.4, 0.5) is 17.1 Å². The number of thiophene rings is 1. The van der Waals surface area contributed by atoms with E-state index in [9.17, 15) is 0 Å². The fourth-order valence-corrected chi connectivity index (χ4v) is 11.5. The van der Waals surface area contributed by atoms with E-state index in [4.69, 9.17) is 0 Å². The van der Waals surface area contributed by atoms with E-state index in [2.05, 4.69) is 254 Å². The van der Waals surface area contributed by atoms with Crippen LogP contribution in [0.3, 0.4) is 0 Å². The first kappa shape index (κ1) is 38.2. The number of benzene rings is 12. The summed E-state index contributed by atoms with van der Waals surface area (Å²) in [5.74, 6) is 0. The predicted molar refractivity (Wildman–Crippen MR) is 286 cm³/mol. The molecule has 0 spiro atoms. The first-order valence-corrected chi connectivity index (χ1v) is 23.5. The van der Waals surface area contributed by atoms with Gasteiger partial charge in [0.25, 0.3) is 0 Å². The van der Waals surface area contributed by atoms with Crippen LogP contribution >= 0.6 is 11.3 Å². The van der Waals surface area contributed by atoms with Crippen LogP contribution in [0.2, 0.25) is 0 Å². The van der Waals surface area contributed by atoms with Gasteiger partial charge in [-0.1, -0.05) is 194 Å². The molecular weight excluding hydrogens is 815 g/mol. The van der Waals surface area contributed by atoms with Crippen LogP contribution in [0.15, 0.2) is 249 Å². The summed E-state index contributed by atoms with van der Waals surface area (Å²) in [6, 6.07) is 91.5. The molecule has 0 aliphatic carbocycles. The standard InChI is InChI=1S/C64H41NS/c1-3-15-45(16-4-1)62-56-21-10-9-20-54(56)55-39-33-48(41-58(55)63(62)46-17-5-2-6-18-46)43-30-36-51(37-31-43)65(59-23-13-25-61-64(59)57-22-11-12-24-60(57)66-61)50-34-28-42(29-35-50)47-32-38-53-49(40-47)27-26-44-14-7-8-19-52(44)53/h1-41H. The van der Waals surface area contributed by atoms with Gasteiger partial charge in [-0.3, -0.25) is 0 Å². The Morgan fingerprint density at radius 3 is 1.44 bits per heavy atom. The molecule has 0 bridgehead atoms. The monoisotopic (exact) mass is 855 g/mol. The van der Waals surface area contributed by atoms with Gasteiger partial charge in [0.15, 0.2) is 0 Å². The first-order chi connectivity index (χ1) is 32.7. The molecule has 0 saturated heterocycles. The number of rotatable bonds is 7. The molecule has 1 nitrogen and oxygen atoms in total. The zero-order valence-electron chi connectivity index (χ0n) is 36.0. The van der Waals surface area contributed by atoms with Crippen molar-refractivity contribution in [2.75, 3.05) is 4.90 Å². The Labute approximate surface area is 387 Å². The zero-order chi connectivity index (χ0) is 43.6. The van der Waals surface area contributed by atoms with Crippen LogP contribution in [-0.2, 0) is 0 Å². The minimum absolute atomic E-state index is 1.11. The van der Waals surface area contributed by atoms with Crippen molar-refractivity contribution in [1.29, 1.82) is 0 Å². The number of hydrogen-bond acceptors (Lipinski definition) is 2. The summed E-state index contributed by atoms with van der Waals surface area (Å²) >= 11 is 1.86. The fourth-order valence-electron chi connectivity index (χ4n) is 10.3. The van der Waals surface area contributed by atoms with Crippen molar-refractivity contribution in [3.8, 4) is 44.5 Å². The Hall–Kier alpha value is -8.30. The van der Waals surface area contributed by atoms with Gasteiger partial charge in [-0.2, -0.15) is 0 Å². The Morgan fingerprint density at radius 2 is 0.742 bits per heavy atom. The van der Waals surface area contributed by atoms with E-state index in [1.807, 2.05) is 11.3 Å². The molecule has 0 N–H and O–H groups in total. The summed E-state index contributed by atoms with van der Waals surface area (Å²) in [5.41, 5.74) is 13.1. The van der Waals surface area contributed by atoms with Gasteiger partial charge in [-0.15, -0.1) is 11.3 Å². The van der Waals surface area contributed by atoms with E-state index in [0.29, 0.717) is 0 Å². The Balaban J connectivity index is 0.946. The number of fused-ring (bicyclic) bond motifs is 9. The van der Waals surface area contributed by atoms with Gasteiger partial charge >= 0.3 is 0 Å². The lowest BCUT2D eigenvalue weighted by Crippen LogP contribution is -2.10. The number of hydrogen-bond donors (Lipinski definition) is 0. The van der Waals surface area contributed by atoms with Gasteiger partial charge in [0.2, 0.25) is 0 Å². The molecule has 12 aromatic carbocycles. The maximum Gasteiger partial charge on any atom is 0.0554 e. The number of nitrogens with zero attached hydrogens (tertiary/aromatic N) is 1. The highest BCUT2D eigenvalue weighted by Crippen LogP contribution is 2.48. The maximum atomic E-state index is 2.44. The van der Waals surface area contributed by atoms with E-state index in [-0.39, 0.29) is 0 Å². The molecule has 0 atom stereocenters. The fraction of sp³-hybridized carbons (Fsp3) is 0. The summed E-state index contributed by atoms with van der Waals surface area (Å²) in [7, 11) is 0. The maximum absolute atomic E-state index is 2.44. The topological polar surface area (TPSA) is 3.24 Å². The van der Waals surface area contributed by atoms with E-state index in [0.717, 1.165) is 11.4 Å². The highest BCUT2D eigenvalue weighted by molar-refractivity contribution is 7.26. The molecule has 0 amide bonds. The second-order valence-corrected chi connectivity index (χ2v) is 18.3. The van der Waals surface area contributed by atoms with Gasteiger partial charge in [0, 0.05) is 31.5 Å². The third kappa shape index (κ3) is 6.37. The third-order valence-electron chi connectivity index (χ3n) is 13.4. The Morgan fingerprint density at radius 1 is 0.258 bits per heavy atom. The van der Waals surface area contributed by atoms with E-state index in [1.54, 1.807) is 0 Å². The van der Waals surface area contributed by atoms with Crippen LogP contribution in [0.1, 0.15) is 0 Å². The van der Waals surface area contributed by atoms with Gasteiger partial charge in [0.05, 0.1) is 5.69 Å². The highest BCUT2D eigenvalue weighted by Gasteiger charge is 2.21. The SMILES string of the molecule is c1ccc(-c2c(-c3ccccc3)c3cc(-c4ccc(N(c5ccc(-c6ccc7c(ccc8ccccc87)c6)cc5)c5cccc6sc7ccccc7c56)cc4)ccc3c3ccccc23)cc1. The molecule has 13 aromatic rings. The quantitative estimate of drug-likeness (QED) is 0.144. The molecule has 0 radical (unpaired) electrons. The average molecular weight is 856 g/mol. The average Bonchev–Trinajstić information content (AvgIpc) is 3.78. The summed E-state index contributed by atoms with van der Waals surface area (Å²) in [4.78, 5) is 2.44. The van der Waals surface area contributed by atoms with Crippen molar-refractivity contribution < 1.29 is 0 Å². The molecule has 2 heteroatoms. The highest BCUT2D eigenvalue weighted by atomic mass is 32.1. The van der Waals surface area contributed by atoms with Crippen LogP contribution in [0.25, 0.3) is 108 Å².